The van der Waals surface area contributed by atoms with E-state index in [-0.39, 0.29) is 12.5 Å². The smallest absolute Gasteiger partial charge is 0.238 e. The molecule has 2 aromatic carbocycles. The first kappa shape index (κ1) is 18.8. The van der Waals surface area contributed by atoms with Crippen molar-refractivity contribution in [1.82, 2.24) is 4.90 Å². The minimum Gasteiger partial charge on any atom is -0.497 e. The number of rotatable bonds is 7. The average Bonchev–Trinajstić information content (AvgIpc) is 2.57. The van der Waals surface area contributed by atoms with E-state index in [1.54, 1.807) is 32.4 Å². The molecule has 134 valence electrons. The third kappa shape index (κ3) is 5.22. The van der Waals surface area contributed by atoms with E-state index >= 15 is 0 Å². The van der Waals surface area contributed by atoms with E-state index in [1.807, 2.05) is 11.9 Å². The van der Waals surface area contributed by atoms with Gasteiger partial charge in [-0.05, 0) is 44.2 Å². The van der Waals surface area contributed by atoms with Gasteiger partial charge < -0.3 is 14.8 Å². The monoisotopic (exact) mass is 342 g/mol. The molecule has 1 amide bonds. The number of hydrogen-bond acceptors (Lipinski definition) is 4. The Morgan fingerprint density at radius 3 is 2.48 bits per heavy atom. The molecule has 5 heteroatoms. The van der Waals surface area contributed by atoms with Crippen LogP contribution in [0.4, 0.5) is 5.69 Å². The molecule has 0 aliphatic rings. The highest BCUT2D eigenvalue weighted by Crippen LogP contribution is 2.28. The van der Waals surface area contributed by atoms with Crippen LogP contribution >= 0.6 is 0 Å². The first-order chi connectivity index (χ1) is 11.9. The first-order valence-corrected chi connectivity index (χ1v) is 8.19. The number of nitrogens with zero attached hydrogens (tertiary/aromatic N) is 1. The lowest BCUT2D eigenvalue weighted by Gasteiger charge is -2.18. The number of nitrogens with one attached hydrogen (secondary N) is 1. The Bertz CT molecular complexity index is 744. The Morgan fingerprint density at radius 2 is 1.84 bits per heavy atom. The number of amides is 1. The van der Waals surface area contributed by atoms with Crippen LogP contribution in [-0.2, 0) is 11.3 Å². The number of carbonyl (C=O) groups excluding carboxylic acids is 1. The predicted octanol–water partition coefficient (Wildman–Crippen LogP) is 3.39. The van der Waals surface area contributed by atoms with Crippen LogP contribution in [0.15, 0.2) is 36.4 Å². The van der Waals surface area contributed by atoms with Crippen LogP contribution in [0.1, 0.15) is 16.7 Å². The Balaban J connectivity index is 1.99. The predicted molar refractivity (Wildman–Crippen MR) is 100 cm³/mol. The summed E-state index contributed by atoms with van der Waals surface area (Å²) < 4.78 is 10.5. The molecule has 25 heavy (non-hydrogen) atoms. The molecule has 2 aromatic rings. The van der Waals surface area contributed by atoms with Crippen LogP contribution in [0.2, 0.25) is 0 Å². The molecule has 0 fully saturated rings. The van der Waals surface area contributed by atoms with Gasteiger partial charge in [0.25, 0.3) is 0 Å². The summed E-state index contributed by atoms with van der Waals surface area (Å²) in [5.74, 6) is 1.17. The van der Waals surface area contributed by atoms with Gasteiger partial charge in [0.1, 0.15) is 11.5 Å². The molecular formula is C20H26N2O3. The molecule has 0 saturated heterocycles. The van der Waals surface area contributed by atoms with Gasteiger partial charge in [0.05, 0.1) is 26.5 Å². The summed E-state index contributed by atoms with van der Waals surface area (Å²) >= 11 is 0. The van der Waals surface area contributed by atoms with Crippen LogP contribution in [-0.4, -0.2) is 38.6 Å². The summed E-state index contributed by atoms with van der Waals surface area (Å²) in [4.78, 5) is 14.4. The third-order valence-electron chi connectivity index (χ3n) is 4.03. The van der Waals surface area contributed by atoms with E-state index in [0.29, 0.717) is 17.2 Å². The summed E-state index contributed by atoms with van der Waals surface area (Å²) in [5.41, 5.74) is 4.31. The zero-order valence-corrected chi connectivity index (χ0v) is 15.6. The van der Waals surface area contributed by atoms with E-state index in [9.17, 15) is 4.79 Å². The fraction of sp³-hybridized carbons (Fsp3) is 0.350. The lowest BCUT2D eigenvalue weighted by molar-refractivity contribution is -0.117. The van der Waals surface area contributed by atoms with Crippen molar-refractivity contribution >= 4 is 11.6 Å². The molecule has 0 bridgehead atoms. The van der Waals surface area contributed by atoms with Crippen molar-refractivity contribution < 1.29 is 14.3 Å². The Hall–Kier alpha value is -2.53. The molecule has 1 N–H and O–H groups in total. The van der Waals surface area contributed by atoms with Gasteiger partial charge in [-0.2, -0.15) is 0 Å². The van der Waals surface area contributed by atoms with E-state index in [0.717, 1.165) is 6.54 Å². The Morgan fingerprint density at radius 1 is 1.08 bits per heavy atom. The standard InChI is InChI=1S/C20H26N2O3/c1-14-6-7-16(15(2)10-14)12-22(3)13-20(23)21-18-11-17(24-4)8-9-19(18)25-5/h6-11H,12-13H2,1-5H3,(H,21,23). The van der Waals surface area contributed by atoms with Gasteiger partial charge in [0, 0.05) is 12.6 Å². The van der Waals surface area contributed by atoms with Crippen molar-refractivity contribution in [2.24, 2.45) is 0 Å². The Labute approximate surface area is 149 Å². The molecule has 0 aliphatic heterocycles. The number of methoxy groups -OCH3 is 2. The van der Waals surface area contributed by atoms with E-state index in [4.69, 9.17) is 9.47 Å². The second-order valence-corrected chi connectivity index (χ2v) is 6.22. The van der Waals surface area contributed by atoms with Gasteiger partial charge >= 0.3 is 0 Å². The third-order valence-corrected chi connectivity index (χ3v) is 4.03. The zero-order valence-electron chi connectivity index (χ0n) is 15.6. The number of ether oxygens (including phenoxy) is 2. The van der Waals surface area contributed by atoms with Crippen molar-refractivity contribution in [1.29, 1.82) is 0 Å². The normalized spacial score (nSPS) is 10.6. The largest absolute Gasteiger partial charge is 0.497 e. The highest BCUT2D eigenvalue weighted by Gasteiger charge is 2.12. The van der Waals surface area contributed by atoms with Crippen molar-refractivity contribution in [2.45, 2.75) is 20.4 Å². The minimum atomic E-state index is -0.0983. The highest BCUT2D eigenvalue weighted by atomic mass is 16.5. The maximum atomic E-state index is 12.4. The molecule has 0 aromatic heterocycles. The first-order valence-electron chi connectivity index (χ1n) is 8.19. The van der Waals surface area contributed by atoms with Crippen LogP contribution < -0.4 is 14.8 Å². The van der Waals surface area contributed by atoms with Gasteiger partial charge in [0.15, 0.2) is 0 Å². The highest BCUT2D eigenvalue weighted by molar-refractivity contribution is 5.94. The van der Waals surface area contributed by atoms with Gasteiger partial charge in [-0.1, -0.05) is 23.8 Å². The van der Waals surface area contributed by atoms with Crippen LogP contribution in [0.5, 0.6) is 11.5 Å². The summed E-state index contributed by atoms with van der Waals surface area (Å²) in [6.45, 7) is 5.18. The number of hydrogen-bond donors (Lipinski definition) is 1. The van der Waals surface area contributed by atoms with Gasteiger partial charge in [-0.3, -0.25) is 9.69 Å². The SMILES string of the molecule is COc1ccc(OC)c(NC(=O)CN(C)Cc2ccc(C)cc2C)c1. The second-order valence-electron chi connectivity index (χ2n) is 6.22. The summed E-state index contributed by atoms with van der Waals surface area (Å²) in [6, 6.07) is 11.7. The van der Waals surface area contributed by atoms with Gasteiger partial charge in [-0.25, -0.2) is 0 Å². The topological polar surface area (TPSA) is 50.8 Å². The van der Waals surface area contributed by atoms with E-state index < -0.39 is 0 Å². The number of anilines is 1. The van der Waals surface area contributed by atoms with E-state index in [2.05, 4.69) is 37.4 Å². The lowest BCUT2D eigenvalue weighted by atomic mass is 10.1. The van der Waals surface area contributed by atoms with Crippen molar-refractivity contribution in [3.05, 3.63) is 53.1 Å². The zero-order chi connectivity index (χ0) is 18.4. The van der Waals surface area contributed by atoms with Crippen LogP contribution in [0, 0.1) is 13.8 Å². The molecule has 2 rings (SSSR count). The van der Waals surface area contributed by atoms with Crippen LogP contribution in [0.25, 0.3) is 0 Å². The molecule has 0 radical (unpaired) electrons. The maximum Gasteiger partial charge on any atom is 0.238 e. The second kappa shape index (κ2) is 8.53. The summed E-state index contributed by atoms with van der Waals surface area (Å²) in [6.07, 6.45) is 0. The number of benzene rings is 2. The number of aryl methyl sites for hydroxylation is 2. The number of likely N-dealkylation sites (N-methyl/N-ethyl adjacent to an activating group) is 1. The molecule has 0 atom stereocenters. The Kier molecular flexibility index (Phi) is 6.42. The van der Waals surface area contributed by atoms with Crippen LogP contribution in [0.3, 0.4) is 0 Å². The summed E-state index contributed by atoms with van der Waals surface area (Å²) in [5, 5.41) is 2.89. The summed E-state index contributed by atoms with van der Waals surface area (Å²) in [7, 11) is 5.09. The fourth-order valence-corrected chi connectivity index (χ4v) is 2.72. The average molecular weight is 342 g/mol. The molecule has 0 saturated carbocycles. The molecular weight excluding hydrogens is 316 g/mol. The lowest BCUT2D eigenvalue weighted by Crippen LogP contribution is -2.30. The quantitative estimate of drug-likeness (QED) is 0.838. The molecule has 0 aliphatic carbocycles. The number of carbonyl (C=O) groups is 1. The van der Waals surface area contributed by atoms with Gasteiger partial charge in [0.2, 0.25) is 5.91 Å². The molecule has 0 spiro atoms. The van der Waals surface area contributed by atoms with Gasteiger partial charge in [-0.15, -0.1) is 0 Å². The van der Waals surface area contributed by atoms with Crippen molar-refractivity contribution in [3.8, 4) is 11.5 Å². The van der Waals surface area contributed by atoms with E-state index in [1.165, 1.54) is 16.7 Å². The minimum absolute atomic E-state index is 0.0983. The van der Waals surface area contributed by atoms with Crippen molar-refractivity contribution in [2.75, 3.05) is 33.1 Å². The molecule has 0 unspecified atom stereocenters. The maximum absolute atomic E-state index is 12.4. The fourth-order valence-electron chi connectivity index (χ4n) is 2.72. The molecule has 0 heterocycles. The molecule has 5 nitrogen and oxygen atoms in total. The van der Waals surface area contributed by atoms with Crippen molar-refractivity contribution in [3.63, 3.8) is 0 Å².